The molecule has 21 heavy (non-hydrogen) atoms. The first-order valence-corrected chi connectivity index (χ1v) is 6.98. The molecule has 0 spiro atoms. The van der Waals surface area contributed by atoms with E-state index in [0.29, 0.717) is 6.54 Å². The van der Waals surface area contributed by atoms with Gasteiger partial charge in [-0.2, -0.15) is 0 Å². The van der Waals surface area contributed by atoms with Crippen molar-refractivity contribution < 1.29 is 29.6 Å². The van der Waals surface area contributed by atoms with E-state index in [4.69, 9.17) is 9.84 Å². The van der Waals surface area contributed by atoms with Crippen molar-refractivity contribution in [2.75, 3.05) is 26.2 Å². The molecule has 0 aliphatic carbocycles. The maximum Gasteiger partial charge on any atom is 0.326 e. The highest BCUT2D eigenvalue weighted by Gasteiger charge is 2.43. The van der Waals surface area contributed by atoms with E-state index in [1.807, 2.05) is 13.8 Å². The number of carbonyl (C=O) groups is 2. The smallest absolute Gasteiger partial charge is 0.326 e. The summed E-state index contributed by atoms with van der Waals surface area (Å²) < 4.78 is 5.63. The third kappa shape index (κ3) is 3.45. The number of amides is 2. The number of carbonyl (C=O) groups excluding carboxylic acids is 1. The molecule has 3 N–H and O–H groups in total. The average Bonchev–Trinajstić information content (AvgIpc) is 2.78. The number of urea groups is 1. The number of rotatable bonds is 2. The minimum atomic E-state index is -1.12. The van der Waals surface area contributed by atoms with Gasteiger partial charge in [0.2, 0.25) is 0 Å². The predicted molar refractivity (Wildman–Crippen MR) is 71.8 cm³/mol. The number of aliphatic carboxylic acids is 1. The number of morpholine rings is 1. The van der Waals surface area contributed by atoms with Crippen molar-refractivity contribution >= 4 is 12.0 Å². The van der Waals surface area contributed by atoms with Gasteiger partial charge in [0.1, 0.15) is 6.04 Å². The lowest BCUT2D eigenvalue weighted by Gasteiger charge is -2.43. The first-order chi connectivity index (χ1) is 9.73. The van der Waals surface area contributed by atoms with E-state index >= 15 is 0 Å². The summed E-state index contributed by atoms with van der Waals surface area (Å²) in [6, 6.07) is -1.44. The lowest BCUT2D eigenvalue weighted by Crippen LogP contribution is -2.59. The quantitative estimate of drug-likeness (QED) is 0.609. The van der Waals surface area contributed by atoms with Crippen LogP contribution in [-0.2, 0) is 9.53 Å². The molecule has 2 aliphatic rings. The predicted octanol–water partition coefficient (Wildman–Crippen LogP) is -0.902. The lowest BCUT2D eigenvalue weighted by molar-refractivity contribution is -0.145. The standard InChI is InChI=1S/C13H22N2O6/c1-13(2)7-14(5-9(6-16)21-13)12(20)15-4-8(17)3-10(15)11(18)19/h8-10,16-17H,3-7H2,1-2H3,(H,18,19). The summed E-state index contributed by atoms with van der Waals surface area (Å²) in [5.41, 5.74) is -0.613. The minimum absolute atomic E-state index is 0.0113. The highest BCUT2D eigenvalue weighted by atomic mass is 16.5. The summed E-state index contributed by atoms with van der Waals surface area (Å²) in [5, 5.41) is 28.0. The minimum Gasteiger partial charge on any atom is -0.480 e. The molecule has 0 bridgehead atoms. The van der Waals surface area contributed by atoms with Gasteiger partial charge in [0.05, 0.1) is 37.5 Å². The molecule has 120 valence electrons. The van der Waals surface area contributed by atoms with E-state index in [9.17, 15) is 19.8 Å². The van der Waals surface area contributed by atoms with Gasteiger partial charge in [0, 0.05) is 13.0 Å². The van der Waals surface area contributed by atoms with Crippen LogP contribution in [-0.4, -0.2) is 87.2 Å². The number of hydrogen-bond acceptors (Lipinski definition) is 5. The summed E-state index contributed by atoms with van der Waals surface area (Å²) in [4.78, 5) is 26.4. The van der Waals surface area contributed by atoms with Crippen LogP contribution in [0, 0.1) is 0 Å². The molecule has 0 aromatic rings. The van der Waals surface area contributed by atoms with Gasteiger partial charge in [-0.25, -0.2) is 9.59 Å². The van der Waals surface area contributed by atoms with E-state index in [1.54, 1.807) is 0 Å². The molecule has 3 unspecified atom stereocenters. The zero-order chi connectivity index (χ0) is 15.8. The van der Waals surface area contributed by atoms with Crippen LogP contribution in [0.2, 0.25) is 0 Å². The Balaban J connectivity index is 2.13. The fourth-order valence-electron chi connectivity index (χ4n) is 2.98. The number of β-amino-alcohol motifs (C(OH)–C–C–N with tert-alkyl or cyclic N) is 1. The third-order valence-corrected chi connectivity index (χ3v) is 3.77. The number of hydrogen-bond donors (Lipinski definition) is 3. The number of ether oxygens (including phenoxy) is 1. The lowest BCUT2D eigenvalue weighted by atomic mass is 10.1. The molecule has 2 fully saturated rings. The Labute approximate surface area is 122 Å². The maximum absolute atomic E-state index is 12.6. The van der Waals surface area contributed by atoms with E-state index in [2.05, 4.69) is 0 Å². The van der Waals surface area contributed by atoms with Crippen molar-refractivity contribution in [3.05, 3.63) is 0 Å². The zero-order valence-corrected chi connectivity index (χ0v) is 12.2. The van der Waals surface area contributed by atoms with Crippen LogP contribution in [0.4, 0.5) is 4.79 Å². The topological polar surface area (TPSA) is 111 Å². The highest BCUT2D eigenvalue weighted by molar-refractivity contribution is 5.83. The van der Waals surface area contributed by atoms with Crippen LogP contribution in [0.15, 0.2) is 0 Å². The highest BCUT2D eigenvalue weighted by Crippen LogP contribution is 2.25. The molecule has 0 aromatic carbocycles. The molecule has 2 aliphatic heterocycles. The van der Waals surface area contributed by atoms with E-state index in [1.165, 1.54) is 9.80 Å². The molecule has 8 heteroatoms. The van der Waals surface area contributed by atoms with Gasteiger partial charge >= 0.3 is 12.0 Å². The van der Waals surface area contributed by atoms with E-state index < -0.39 is 35.9 Å². The van der Waals surface area contributed by atoms with Gasteiger partial charge < -0.3 is 29.9 Å². The molecule has 0 aromatic heterocycles. The summed E-state index contributed by atoms with van der Waals surface area (Å²) in [7, 11) is 0. The Bertz CT molecular complexity index is 427. The maximum atomic E-state index is 12.6. The number of nitrogens with zero attached hydrogens (tertiary/aromatic N) is 2. The summed E-state index contributed by atoms with van der Waals surface area (Å²) >= 11 is 0. The van der Waals surface area contributed by atoms with Crippen molar-refractivity contribution in [1.82, 2.24) is 9.80 Å². The fraction of sp³-hybridized carbons (Fsp3) is 0.846. The first kappa shape index (κ1) is 16.0. The van der Waals surface area contributed by atoms with Crippen LogP contribution in [0.25, 0.3) is 0 Å². The van der Waals surface area contributed by atoms with Gasteiger partial charge in [-0.1, -0.05) is 0 Å². The molecule has 0 radical (unpaired) electrons. The summed E-state index contributed by atoms with van der Waals surface area (Å²) in [6.07, 6.45) is -1.27. The normalized spacial score (nSPS) is 32.3. The third-order valence-electron chi connectivity index (χ3n) is 3.77. The van der Waals surface area contributed by atoms with Crippen LogP contribution in [0.3, 0.4) is 0 Å². The molecule has 0 saturated carbocycles. The van der Waals surface area contributed by atoms with Crippen molar-refractivity contribution in [2.24, 2.45) is 0 Å². The van der Waals surface area contributed by atoms with Crippen LogP contribution < -0.4 is 0 Å². The fourth-order valence-corrected chi connectivity index (χ4v) is 2.98. The summed E-state index contributed by atoms with van der Waals surface area (Å²) in [5.74, 6) is -1.12. The van der Waals surface area contributed by atoms with Crippen LogP contribution >= 0.6 is 0 Å². The van der Waals surface area contributed by atoms with Crippen molar-refractivity contribution in [1.29, 1.82) is 0 Å². The van der Waals surface area contributed by atoms with Crippen molar-refractivity contribution in [3.8, 4) is 0 Å². The van der Waals surface area contributed by atoms with Crippen LogP contribution in [0.1, 0.15) is 20.3 Å². The number of aliphatic hydroxyl groups excluding tert-OH is 2. The van der Waals surface area contributed by atoms with Gasteiger partial charge in [0.25, 0.3) is 0 Å². The number of likely N-dealkylation sites (tertiary alicyclic amines) is 1. The molecular formula is C13H22N2O6. The molecule has 2 saturated heterocycles. The van der Waals surface area contributed by atoms with E-state index in [0.717, 1.165) is 0 Å². The summed E-state index contributed by atoms with van der Waals surface area (Å²) in [6.45, 7) is 3.93. The molecule has 2 heterocycles. The molecule has 2 amide bonds. The van der Waals surface area contributed by atoms with Gasteiger partial charge in [-0.15, -0.1) is 0 Å². The van der Waals surface area contributed by atoms with Gasteiger partial charge in [0.15, 0.2) is 0 Å². The Morgan fingerprint density at radius 3 is 2.57 bits per heavy atom. The monoisotopic (exact) mass is 302 g/mol. The molecular weight excluding hydrogens is 280 g/mol. The van der Waals surface area contributed by atoms with Crippen molar-refractivity contribution in [3.63, 3.8) is 0 Å². The van der Waals surface area contributed by atoms with E-state index in [-0.39, 0.29) is 26.1 Å². The molecule has 2 rings (SSSR count). The molecule has 8 nitrogen and oxygen atoms in total. The second-order valence-electron chi connectivity index (χ2n) is 6.24. The average molecular weight is 302 g/mol. The molecule has 3 atom stereocenters. The Morgan fingerprint density at radius 1 is 1.33 bits per heavy atom. The number of aliphatic hydroxyl groups is 2. The Hall–Kier alpha value is -1.38. The second kappa shape index (κ2) is 5.78. The van der Waals surface area contributed by atoms with Gasteiger partial charge in [-0.05, 0) is 13.8 Å². The van der Waals surface area contributed by atoms with Crippen LogP contribution in [0.5, 0.6) is 0 Å². The van der Waals surface area contributed by atoms with Gasteiger partial charge in [-0.3, -0.25) is 0 Å². The number of carboxylic acid groups (broad SMARTS) is 1. The Morgan fingerprint density at radius 2 is 2.00 bits per heavy atom. The SMILES string of the molecule is CC1(C)CN(C(=O)N2CC(O)CC2C(=O)O)CC(CO)O1. The zero-order valence-electron chi connectivity index (χ0n) is 12.2. The van der Waals surface area contributed by atoms with Crippen molar-refractivity contribution in [2.45, 2.75) is 44.1 Å². The Kier molecular flexibility index (Phi) is 4.40. The second-order valence-corrected chi connectivity index (χ2v) is 6.24. The first-order valence-electron chi connectivity index (χ1n) is 6.98. The number of carboxylic acids is 1. The largest absolute Gasteiger partial charge is 0.480 e.